The van der Waals surface area contributed by atoms with Gasteiger partial charge in [-0.25, -0.2) is 12.8 Å². The standard InChI is InChI=1S/C23H30FN3O4S/c1-17-10-5-6-11-19(17)16-26(18(2)23(29)25-3)22(28)14-9-15-27(32(4,30)31)21-13-8-7-12-20(21)24/h5-8,10-13,18H,9,14-16H2,1-4H3,(H,25,29)/t18-/m1/s1. The molecule has 7 nitrogen and oxygen atoms in total. The molecule has 0 fully saturated rings. The number of rotatable bonds is 10. The highest BCUT2D eigenvalue weighted by Crippen LogP contribution is 2.22. The number of carbonyl (C=O) groups is 2. The zero-order valence-corrected chi connectivity index (χ0v) is 19.7. The van der Waals surface area contributed by atoms with Gasteiger partial charge in [0.25, 0.3) is 0 Å². The molecule has 2 rings (SSSR count). The third-order valence-corrected chi connectivity index (χ3v) is 6.47. The number of carbonyl (C=O) groups excluding carboxylic acids is 2. The minimum atomic E-state index is -3.74. The summed E-state index contributed by atoms with van der Waals surface area (Å²) in [6.45, 7) is 3.78. The van der Waals surface area contributed by atoms with Gasteiger partial charge < -0.3 is 10.2 Å². The Bertz CT molecular complexity index is 1060. The van der Waals surface area contributed by atoms with E-state index in [-0.39, 0.29) is 43.4 Å². The maximum absolute atomic E-state index is 14.2. The summed E-state index contributed by atoms with van der Waals surface area (Å²) >= 11 is 0. The molecular formula is C23H30FN3O4S. The van der Waals surface area contributed by atoms with Crippen LogP contribution in [0, 0.1) is 12.7 Å². The fourth-order valence-corrected chi connectivity index (χ4v) is 4.37. The summed E-state index contributed by atoms with van der Waals surface area (Å²) in [5.41, 5.74) is 1.86. The lowest BCUT2D eigenvalue weighted by Crippen LogP contribution is -2.47. The first-order valence-corrected chi connectivity index (χ1v) is 12.2. The van der Waals surface area contributed by atoms with Crippen molar-refractivity contribution in [3.63, 3.8) is 0 Å². The van der Waals surface area contributed by atoms with Crippen molar-refractivity contribution in [3.8, 4) is 0 Å². The Kier molecular flexibility index (Phi) is 8.77. The summed E-state index contributed by atoms with van der Waals surface area (Å²) in [6.07, 6.45) is 1.18. The van der Waals surface area contributed by atoms with Gasteiger partial charge in [-0.3, -0.25) is 13.9 Å². The van der Waals surface area contributed by atoms with Crippen molar-refractivity contribution >= 4 is 27.5 Å². The molecule has 0 aliphatic carbocycles. The highest BCUT2D eigenvalue weighted by atomic mass is 32.2. The average molecular weight is 464 g/mol. The van der Waals surface area contributed by atoms with E-state index in [4.69, 9.17) is 0 Å². The molecule has 0 spiro atoms. The summed E-state index contributed by atoms with van der Waals surface area (Å²) in [7, 11) is -2.23. The largest absolute Gasteiger partial charge is 0.357 e. The smallest absolute Gasteiger partial charge is 0.242 e. The van der Waals surface area contributed by atoms with Gasteiger partial charge in [0, 0.05) is 26.6 Å². The zero-order valence-electron chi connectivity index (χ0n) is 18.8. The van der Waals surface area contributed by atoms with Crippen LogP contribution in [0.15, 0.2) is 48.5 Å². The van der Waals surface area contributed by atoms with Crippen LogP contribution < -0.4 is 9.62 Å². The van der Waals surface area contributed by atoms with Crippen molar-refractivity contribution in [2.75, 3.05) is 24.2 Å². The van der Waals surface area contributed by atoms with Crippen LogP contribution in [0.1, 0.15) is 30.9 Å². The molecule has 2 amide bonds. The monoisotopic (exact) mass is 463 g/mol. The Labute approximate surface area is 189 Å². The topological polar surface area (TPSA) is 86.8 Å². The lowest BCUT2D eigenvalue weighted by Gasteiger charge is -2.29. The number of sulfonamides is 1. The third kappa shape index (κ3) is 6.53. The number of benzene rings is 2. The van der Waals surface area contributed by atoms with Gasteiger partial charge in [0.05, 0.1) is 11.9 Å². The molecule has 0 radical (unpaired) electrons. The van der Waals surface area contributed by atoms with Crippen LogP contribution in [0.3, 0.4) is 0 Å². The Morgan fingerprint density at radius 1 is 1.09 bits per heavy atom. The van der Waals surface area contributed by atoms with E-state index in [0.29, 0.717) is 0 Å². The van der Waals surface area contributed by atoms with Crippen molar-refractivity contribution in [2.45, 2.75) is 39.3 Å². The number of likely N-dealkylation sites (N-methyl/N-ethyl adjacent to an activating group) is 1. The van der Waals surface area contributed by atoms with Crippen molar-refractivity contribution in [3.05, 3.63) is 65.5 Å². The fraction of sp³-hybridized carbons (Fsp3) is 0.391. The first kappa shape index (κ1) is 25.3. The van der Waals surface area contributed by atoms with Crippen molar-refractivity contribution < 1.29 is 22.4 Å². The molecule has 32 heavy (non-hydrogen) atoms. The SMILES string of the molecule is CNC(=O)[C@@H](C)N(Cc1ccccc1C)C(=O)CCCN(c1ccccc1F)S(C)(=O)=O. The average Bonchev–Trinajstić information content (AvgIpc) is 2.75. The van der Waals surface area contributed by atoms with Crippen molar-refractivity contribution in [1.82, 2.24) is 10.2 Å². The van der Waals surface area contributed by atoms with Crippen LogP contribution in [0.5, 0.6) is 0 Å². The minimum Gasteiger partial charge on any atom is -0.357 e. The molecule has 174 valence electrons. The number of anilines is 1. The molecule has 1 atom stereocenters. The molecule has 0 saturated heterocycles. The van der Waals surface area contributed by atoms with Crippen molar-refractivity contribution in [2.24, 2.45) is 0 Å². The molecule has 1 N–H and O–H groups in total. The highest BCUT2D eigenvalue weighted by molar-refractivity contribution is 7.92. The number of hydrogen-bond donors (Lipinski definition) is 1. The number of para-hydroxylation sites is 1. The highest BCUT2D eigenvalue weighted by Gasteiger charge is 2.26. The van der Waals surface area contributed by atoms with Gasteiger partial charge in [0.15, 0.2) is 0 Å². The Morgan fingerprint density at radius 3 is 2.31 bits per heavy atom. The first-order valence-electron chi connectivity index (χ1n) is 10.3. The van der Waals surface area contributed by atoms with Gasteiger partial charge in [-0.15, -0.1) is 0 Å². The molecule has 0 heterocycles. The zero-order chi connectivity index (χ0) is 23.9. The summed E-state index contributed by atoms with van der Waals surface area (Å²) in [5.74, 6) is -1.24. The number of nitrogens with zero attached hydrogens (tertiary/aromatic N) is 2. The lowest BCUT2D eigenvalue weighted by molar-refractivity contribution is -0.140. The quantitative estimate of drug-likeness (QED) is 0.587. The van der Waals surface area contributed by atoms with E-state index in [1.165, 1.54) is 30.1 Å². The van der Waals surface area contributed by atoms with Crippen LogP contribution in [0.2, 0.25) is 0 Å². The van der Waals surface area contributed by atoms with Crippen LogP contribution in [0.4, 0.5) is 10.1 Å². The van der Waals surface area contributed by atoms with Gasteiger partial charge in [0.2, 0.25) is 21.8 Å². The van der Waals surface area contributed by atoms with Gasteiger partial charge in [-0.1, -0.05) is 36.4 Å². The molecule has 0 bridgehead atoms. The lowest BCUT2D eigenvalue weighted by atomic mass is 10.1. The number of halogens is 1. The molecule has 0 saturated carbocycles. The maximum Gasteiger partial charge on any atom is 0.242 e. The summed E-state index contributed by atoms with van der Waals surface area (Å²) in [6, 6.07) is 12.5. The normalized spacial score (nSPS) is 12.2. The van der Waals surface area contributed by atoms with Crippen molar-refractivity contribution in [1.29, 1.82) is 0 Å². The molecule has 2 aromatic carbocycles. The van der Waals surface area contributed by atoms with Crippen LogP contribution in [0.25, 0.3) is 0 Å². The molecular weight excluding hydrogens is 433 g/mol. The van der Waals surface area contributed by atoms with E-state index in [1.807, 2.05) is 31.2 Å². The van der Waals surface area contributed by atoms with E-state index >= 15 is 0 Å². The second-order valence-electron chi connectivity index (χ2n) is 7.63. The van der Waals surface area contributed by atoms with Gasteiger partial charge >= 0.3 is 0 Å². The van der Waals surface area contributed by atoms with Crippen LogP contribution in [-0.4, -0.2) is 51.0 Å². The predicted octanol–water partition coefficient (Wildman–Crippen LogP) is 2.84. The van der Waals surface area contributed by atoms with E-state index in [1.54, 1.807) is 13.0 Å². The number of amides is 2. The summed E-state index contributed by atoms with van der Waals surface area (Å²) in [5, 5.41) is 2.56. The van der Waals surface area contributed by atoms with E-state index < -0.39 is 21.9 Å². The van der Waals surface area contributed by atoms with Gasteiger partial charge in [0.1, 0.15) is 11.9 Å². The van der Waals surface area contributed by atoms with E-state index in [2.05, 4.69) is 5.32 Å². The Hall–Kier alpha value is -2.94. The molecule has 2 aromatic rings. The van der Waals surface area contributed by atoms with Crippen LogP contribution >= 0.6 is 0 Å². The number of aryl methyl sites for hydroxylation is 1. The maximum atomic E-state index is 14.2. The van der Waals surface area contributed by atoms with E-state index in [9.17, 15) is 22.4 Å². The van der Waals surface area contributed by atoms with E-state index in [0.717, 1.165) is 21.7 Å². The molecule has 0 aliphatic rings. The molecule has 0 aliphatic heterocycles. The van der Waals surface area contributed by atoms with Crippen LogP contribution in [-0.2, 0) is 26.2 Å². The number of nitrogens with one attached hydrogen (secondary N) is 1. The minimum absolute atomic E-state index is 0.00763. The predicted molar refractivity (Wildman–Crippen MR) is 123 cm³/mol. The third-order valence-electron chi connectivity index (χ3n) is 5.29. The second-order valence-corrected chi connectivity index (χ2v) is 9.54. The Morgan fingerprint density at radius 2 is 1.72 bits per heavy atom. The van der Waals surface area contributed by atoms with Gasteiger partial charge in [-0.05, 0) is 43.5 Å². The number of hydrogen-bond acceptors (Lipinski definition) is 4. The molecule has 9 heteroatoms. The molecule has 0 aromatic heterocycles. The first-order chi connectivity index (χ1) is 15.1. The van der Waals surface area contributed by atoms with Gasteiger partial charge in [-0.2, -0.15) is 0 Å². The molecule has 0 unspecified atom stereocenters. The summed E-state index contributed by atoms with van der Waals surface area (Å²) in [4.78, 5) is 26.8. The Balaban J connectivity index is 2.17. The summed E-state index contributed by atoms with van der Waals surface area (Å²) < 4.78 is 39.6. The fourth-order valence-electron chi connectivity index (χ4n) is 3.40. The second kappa shape index (κ2) is 11.1.